The zero-order valence-electron chi connectivity index (χ0n) is 9.10. The first kappa shape index (κ1) is 12.8. The standard InChI is InChI=1S/C10H9BrClN5O/c11-9-15-10(13)16-17(9)5-8(18)14-7-3-1-2-6(12)4-7/h1-4H,5H2,(H2,13,16)(H,14,18). The van der Waals surface area contributed by atoms with Crippen LogP contribution in [0, 0.1) is 0 Å². The largest absolute Gasteiger partial charge is 0.366 e. The van der Waals surface area contributed by atoms with Crippen molar-refractivity contribution in [3.63, 3.8) is 0 Å². The number of amides is 1. The van der Waals surface area contributed by atoms with Crippen LogP contribution in [0.2, 0.25) is 5.02 Å². The summed E-state index contributed by atoms with van der Waals surface area (Å²) in [5.74, 6) is -0.139. The van der Waals surface area contributed by atoms with Gasteiger partial charge in [0, 0.05) is 10.7 Å². The van der Waals surface area contributed by atoms with Crippen LogP contribution in [0.1, 0.15) is 0 Å². The molecular formula is C10H9BrClN5O. The van der Waals surface area contributed by atoms with Crippen LogP contribution >= 0.6 is 27.5 Å². The molecule has 0 aliphatic carbocycles. The van der Waals surface area contributed by atoms with E-state index in [0.717, 1.165) is 0 Å². The van der Waals surface area contributed by atoms with Crippen LogP contribution in [-0.2, 0) is 11.3 Å². The van der Waals surface area contributed by atoms with Gasteiger partial charge < -0.3 is 11.1 Å². The maximum atomic E-state index is 11.8. The number of hydrogen-bond acceptors (Lipinski definition) is 4. The van der Waals surface area contributed by atoms with Crippen molar-refractivity contribution in [3.05, 3.63) is 34.0 Å². The van der Waals surface area contributed by atoms with Crippen molar-refractivity contribution >= 4 is 45.1 Å². The number of hydrogen-bond donors (Lipinski definition) is 2. The number of benzene rings is 1. The summed E-state index contributed by atoms with van der Waals surface area (Å²) in [6.07, 6.45) is 0. The predicted octanol–water partition coefficient (Wildman–Crippen LogP) is 1.91. The summed E-state index contributed by atoms with van der Waals surface area (Å²) in [6.45, 7) is 0.0112. The van der Waals surface area contributed by atoms with Gasteiger partial charge in [0.05, 0.1) is 0 Å². The molecule has 18 heavy (non-hydrogen) atoms. The number of halogens is 2. The minimum atomic E-state index is -0.247. The molecule has 0 saturated carbocycles. The monoisotopic (exact) mass is 329 g/mol. The highest BCUT2D eigenvalue weighted by Crippen LogP contribution is 2.15. The lowest BCUT2D eigenvalue weighted by atomic mass is 10.3. The van der Waals surface area contributed by atoms with Crippen molar-refractivity contribution < 1.29 is 4.79 Å². The zero-order valence-corrected chi connectivity index (χ0v) is 11.4. The van der Waals surface area contributed by atoms with Crippen molar-refractivity contribution in [1.82, 2.24) is 14.8 Å². The van der Waals surface area contributed by atoms with Crippen LogP contribution in [-0.4, -0.2) is 20.7 Å². The summed E-state index contributed by atoms with van der Waals surface area (Å²) in [4.78, 5) is 15.6. The molecule has 0 bridgehead atoms. The van der Waals surface area contributed by atoms with Gasteiger partial charge in [0.15, 0.2) is 4.73 Å². The third-order valence-electron chi connectivity index (χ3n) is 2.04. The lowest BCUT2D eigenvalue weighted by molar-refractivity contribution is -0.116. The molecule has 6 nitrogen and oxygen atoms in total. The van der Waals surface area contributed by atoms with Gasteiger partial charge in [-0.25, -0.2) is 4.68 Å². The Bertz CT molecular complexity index is 585. The summed E-state index contributed by atoms with van der Waals surface area (Å²) in [6, 6.07) is 6.88. The summed E-state index contributed by atoms with van der Waals surface area (Å²) in [5.41, 5.74) is 6.03. The highest BCUT2D eigenvalue weighted by Gasteiger charge is 2.09. The average molecular weight is 331 g/mol. The fraction of sp³-hybridized carbons (Fsp3) is 0.100. The SMILES string of the molecule is Nc1nc(Br)n(CC(=O)Nc2cccc(Cl)c2)n1. The van der Waals surface area contributed by atoms with Gasteiger partial charge >= 0.3 is 0 Å². The maximum Gasteiger partial charge on any atom is 0.246 e. The molecule has 2 aromatic rings. The van der Waals surface area contributed by atoms with Crippen molar-refractivity contribution in [2.24, 2.45) is 0 Å². The highest BCUT2D eigenvalue weighted by atomic mass is 79.9. The van der Waals surface area contributed by atoms with Gasteiger partial charge in [-0.05, 0) is 34.1 Å². The van der Waals surface area contributed by atoms with E-state index < -0.39 is 0 Å². The number of nitrogen functional groups attached to an aromatic ring is 1. The van der Waals surface area contributed by atoms with Crippen LogP contribution in [0.5, 0.6) is 0 Å². The normalized spacial score (nSPS) is 10.3. The van der Waals surface area contributed by atoms with E-state index in [2.05, 4.69) is 31.3 Å². The van der Waals surface area contributed by atoms with E-state index in [1.165, 1.54) is 4.68 Å². The van der Waals surface area contributed by atoms with E-state index in [9.17, 15) is 4.79 Å². The van der Waals surface area contributed by atoms with Crippen LogP contribution in [0.15, 0.2) is 29.0 Å². The average Bonchev–Trinajstić information content (AvgIpc) is 2.57. The third kappa shape index (κ3) is 3.21. The Morgan fingerprint density at radius 2 is 2.33 bits per heavy atom. The Balaban J connectivity index is 2.03. The molecule has 0 atom stereocenters. The molecule has 0 saturated heterocycles. The number of carbonyl (C=O) groups is 1. The van der Waals surface area contributed by atoms with Crippen molar-refractivity contribution in [3.8, 4) is 0 Å². The number of nitrogens with zero attached hydrogens (tertiary/aromatic N) is 3. The quantitative estimate of drug-likeness (QED) is 0.900. The molecule has 0 aliphatic rings. The van der Waals surface area contributed by atoms with Crippen LogP contribution in [0.4, 0.5) is 11.6 Å². The first-order valence-corrected chi connectivity index (χ1v) is 6.13. The van der Waals surface area contributed by atoms with E-state index in [0.29, 0.717) is 15.4 Å². The Morgan fingerprint density at radius 1 is 1.56 bits per heavy atom. The topological polar surface area (TPSA) is 85.8 Å². The van der Waals surface area contributed by atoms with E-state index in [-0.39, 0.29) is 18.4 Å². The molecule has 8 heteroatoms. The minimum Gasteiger partial charge on any atom is -0.366 e. The van der Waals surface area contributed by atoms with Gasteiger partial charge in [-0.3, -0.25) is 4.79 Å². The Morgan fingerprint density at radius 3 is 2.94 bits per heavy atom. The molecule has 0 fully saturated rings. The molecule has 1 heterocycles. The number of aromatic nitrogens is 3. The van der Waals surface area contributed by atoms with Gasteiger partial charge in [0.2, 0.25) is 11.9 Å². The van der Waals surface area contributed by atoms with Gasteiger partial charge in [-0.15, -0.1) is 5.10 Å². The smallest absolute Gasteiger partial charge is 0.246 e. The molecule has 1 aromatic carbocycles. The molecule has 3 N–H and O–H groups in total. The van der Waals surface area contributed by atoms with Gasteiger partial charge in [0.1, 0.15) is 6.54 Å². The van der Waals surface area contributed by atoms with Gasteiger partial charge in [0.25, 0.3) is 0 Å². The Labute approximate surface area is 116 Å². The molecule has 1 amide bonds. The van der Waals surface area contributed by atoms with E-state index in [1.807, 2.05) is 0 Å². The molecule has 0 radical (unpaired) electrons. The summed E-state index contributed by atoms with van der Waals surface area (Å²) in [5, 5.41) is 7.11. The second-order valence-corrected chi connectivity index (χ2v) is 4.60. The predicted molar refractivity (Wildman–Crippen MR) is 72.2 cm³/mol. The molecule has 94 valence electrons. The zero-order chi connectivity index (χ0) is 13.1. The van der Waals surface area contributed by atoms with Crippen molar-refractivity contribution in [2.45, 2.75) is 6.54 Å². The number of rotatable bonds is 3. The Kier molecular flexibility index (Phi) is 3.83. The van der Waals surface area contributed by atoms with E-state index in [4.69, 9.17) is 17.3 Å². The van der Waals surface area contributed by atoms with Gasteiger partial charge in [-0.2, -0.15) is 4.98 Å². The molecule has 0 aliphatic heterocycles. The number of carbonyl (C=O) groups excluding carboxylic acids is 1. The second-order valence-electron chi connectivity index (χ2n) is 3.46. The van der Waals surface area contributed by atoms with E-state index >= 15 is 0 Å². The van der Waals surface area contributed by atoms with Crippen molar-refractivity contribution in [2.75, 3.05) is 11.1 Å². The van der Waals surface area contributed by atoms with Crippen LogP contribution in [0.25, 0.3) is 0 Å². The van der Waals surface area contributed by atoms with Gasteiger partial charge in [-0.1, -0.05) is 17.7 Å². The fourth-order valence-electron chi connectivity index (χ4n) is 1.34. The molecular weight excluding hydrogens is 322 g/mol. The van der Waals surface area contributed by atoms with Crippen LogP contribution < -0.4 is 11.1 Å². The number of nitrogens with one attached hydrogen (secondary N) is 1. The summed E-state index contributed by atoms with van der Waals surface area (Å²) < 4.78 is 1.76. The Hall–Kier alpha value is -1.60. The minimum absolute atomic E-state index is 0.0112. The second kappa shape index (κ2) is 5.36. The molecule has 0 spiro atoms. The number of nitrogens with two attached hydrogens (primary N) is 1. The van der Waals surface area contributed by atoms with Crippen molar-refractivity contribution in [1.29, 1.82) is 0 Å². The molecule has 1 aromatic heterocycles. The highest BCUT2D eigenvalue weighted by molar-refractivity contribution is 9.10. The molecule has 0 unspecified atom stereocenters. The van der Waals surface area contributed by atoms with Crippen LogP contribution in [0.3, 0.4) is 0 Å². The number of anilines is 2. The molecule has 2 rings (SSSR count). The lowest BCUT2D eigenvalue weighted by Crippen LogP contribution is -2.19. The van der Waals surface area contributed by atoms with E-state index in [1.54, 1.807) is 24.3 Å². The fourth-order valence-corrected chi connectivity index (χ4v) is 1.92. The summed E-state index contributed by atoms with van der Waals surface area (Å²) >= 11 is 8.97. The first-order valence-electron chi connectivity index (χ1n) is 4.96. The maximum absolute atomic E-state index is 11.8. The lowest BCUT2D eigenvalue weighted by Gasteiger charge is -2.05. The first-order chi connectivity index (χ1) is 8.54. The summed E-state index contributed by atoms with van der Waals surface area (Å²) in [7, 11) is 0. The third-order valence-corrected chi connectivity index (χ3v) is 2.87.